The van der Waals surface area contributed by atoms with E-state index in [1.165, 1.54) is 11.8 Å². The number of anilines is 2. The van der Waals surface area contributed by atoms with E-state index in [1.807, 2.05) is 85.8 Å². The lowest BCUT2D eigenvalue weighted by atomic mass is 10.1. The Morgan fingerprint density at radius 2 is 1.59 bits per heavy atom. The number of amides is 2. The Labute approximate surface area is 196 Å². The summed E-state index contributed by atoms with van der Waals surface area (Å²) >= 11 is 7.51. The maximum absolute atomic E-state index is 12.7. The van der Waals surface area contributed by atoms with Crippen molar-refractivity contribution in [1.82, 2.24) is 0 Å². The van der Waals surface area contributed by atoms with E-state index in [0.29, 0.717) is 22.0 Å². The van der Waals surface area contributed by atoms with Gasteiger partial charge in [-0.2, -0.15) is 0 Å². The van der Waals surface area contributed by atoms with Crippen LogP contribution in [0.1, 0.15) is 15.9 Å². The number of halogens is 1. The summed E-state index contributed by atoms with van der Waals surface area (Å²) in [6.07, 6.45) is 0. The SMILES string of the molecule is Cc1ccc(NC(=O)CSc2cccc(NC(=O)c3ccc4ccccc4c3)c2)cc1Cl. The minimum atomic E-state index is -0.174. The third-order valence-electron chi connectivity index (χ3n) is 4.93. The van der Waals surface area contributed by atoms with Crippen molar-refractivity contribution < 1.29 is 9.59 Å². The third-order valence-corrected chi connectivity index (χ3v) is 6.33. The maximum atomic E-state index is 12.7. The van der Waals surface area contributed by atoms with Gasteiger partial charge in [-0.25, -0.2) is 0 Å². The number of hydrogen-bond acceptors (Lipinski definition) is 3. The maximum Gasteiger partial charge on any atom is 0.255 e. The number of benzene rings is 4. The molecule has 0 radical (unpaired) electrons. The smallest absolute Gasteiger partial charge is 0.255 e. The summed E-state index contributed by atoms with van der Waals surface area (Å²) in [4.78, 5) is 25.9. The Morgan fingerprint density at radius 1 is 0.812 bits per heavy atom. The predicted octanol–water partition coefficient (Wildman–Crippen LogP) is 6.78. The van der Waals surface area contributed by atoms with E-state index in [4.69, 9.17) is 11.6 Å². The highest BCUT2D eigenvalue weighted by Gasteiger charge is 2.09. The molecule has 0 aliphatic rings. The zero-order valence-electron chi connectivity index (χ0n) is 17.4. The average molecular weight is 461 g/mol. The van der Waals surface area contributed by atoms with Crippen LogP contribution in [-0.2, 0) is 4.79 Å². The fraction of sp³-hybridized carbons (Fsp3) is 0.0769. The van der Waals surface area contributed by atoms with Crippen LogP contribution < -0.4 is 10.6 Å². The first-order valence-corrected chi connectivity index (χ1v) is 11.4. The number of aryl methyl sites for hydroxylation is 1. The Morgan fingerprint density at radius 3 is 2.41 bits per heavy atom. The third kappa shape index (κ3) is 5.49. The molecule has 4 aromatic carbocycles. The molecule has 2 N–H and O–H groups in total. The average Bonchev–Trinajstić information content (AvgIpc) is 2.80. The van der Waals surface area contributed by atoms with Crippen molar-refractivity contribution in [3.05, 3.63) is 101 Å². The minimum Gasteiger partial charge on any atom is -0.325 e. The first kappa shape index (κ1) is 21.9. The second-order valence-corrected chi connectivity index (χ2v) is 8.80. The topological polar surface area (TPSA) is 58.2 Å². The summed E-state index contributed by atoms with van der Waals surface area (Å²) < 4.78 is 0. The largest absolute Gasteiger partial charge is 0.325 e. The van der Waals surface area contributed by atoms with Crippen LogP contribution in [0, 0.1) is 6.92 Å². The Hall–Kier alpha value is -3.28. The van der Waals surface area contributed by atoms with Gasteiger partial charge in [0.15, 0.2) is 0 Å². The van der Waals surface area contributed by atoms with E-state index in [1.54, 1.807) is 6.07 Å². The van der Waals surface area contributed by atoms with E-state index in [-0.39, 0.29) is 17.6 Å². The molecule has 0 unspecified atom stereocenters. The van der Waals surface area contributed by atoms with Gasteiger partial charge in [0.2, 0.25) is 5.91 Å². The Kier molecular flexibility index (Phi) is 6.78. The molecule has 0 aliphatic heterocycles. The monoisotopic (exact) mass is 460 g/mol. The van der Waals surface area contributed by atoms with Gasteiger partial charge in [-0.15, -0.1) is 11.8 Å². The van der Waals surface area contributed by atoms with Crippen molar-refractivity contribution in [2.75, 3.05) is 16.4 Å². The number of nitrogens with one attached hydrogen (secondary N) is 2. The van der Waals surface area contributed by atoms with Crippen LogP contribution in [0.15, 0.2) is 89.8 Å². The molecule has 0 bridgehead atoms. The van der Waals surface area contributed by atoms with Crippen LogP contribution in [-0.4, -0.2) is 17.6 Å². The predicted molar refractivity (Wildman–Crippen MR) is 134 cm³/mol. The van der Waals surface area contributed by atoms with E-state index in [0.717, 1.165) is 21.2 Å². The molecular formula is C26H21ClN2O2S. The summed E-state index contributed by atoms with van der Waals surface area (Å²) in [5, 5.41) is 8.51. The number of rotatable bonds is 6. The van der Waals surface area contributed by atoms with Crippen molar-refractivity contribution in [2.24, 2.45) is 0 Å². The highest BCUT2D eigenvalue weighted by atomic mass is 35.5. The molecule has 0 saturated heterocycles. The van der Waals surface area contributed by atoms with Crippen LogP contribution >= 0.6 is 23.4 Å². The highest BCUT2D eigenvalue weighted by molar-refractivity contribution is 8.00. The van der Waals surface area contributed by atoms with E-state index >= 15 is 0 Å². The number of thioether (sulfide) groups is 1. The van der Waals surface area contributed by atoms with Gasteiger partial charge in [0.25, 0.3) is 5.91 Å². The lowest BCUT2D eigenvalue weighted by molar-refractivity contribution is -0.113. The van der Waals surface area contributed by atoms with E-state index in [9.17, 15) is 9.59 Å². The number of hydrogen-bond donors (Lipinski definition) is 2. The second-order valence-electron chi connectivity index (χ2n) is 7.34. The quantitative estimate of drug-likeness (QED) is 0.311. The second kappa shape index (κ2) is 9.90. The summed E-state index contributed by atoms with van der Waals surface area (Å²) in [7, 11) is 0. The van der Waals surface area contributed by atoms with Crippen molar-refractivity contribution >= 4 is 57.3 Å². The molecule has 6 heteroatoms. The number of carbonyl (C=O) groups is 2. The zero-order valence-corrected chi connectivity index (χ0v) is 19.0. The van der Waals surface area contributed by atoms with Crippen molar-refractivity contribution in [2.45, 2.75) is 11.8 Å². The zero-order chi connectivity index (χ0) is 22.5. The molecule has 160 valence electrons. The molecule has 0 saturated carbocycles. The van der Waals surface area contributed by atoms with E-state index < -0.39 is 0 Å². The Bertz CT molecular complexity index is 1310. The lowest BCUT2D eigenvalue weighted by Crippen LogP contribution is -2.14. The molecule has 4 aromatic rings. The number of fused-ring (bicyclic) bond motifs is 1. The van der Waals surface area contributed by atoms with Crippen LogP contribution in [0.25, 0.3) is 10.8 Å². The highest BCUT2D eigenvalue weighted by Crippen LogP contribution is 2.24. The molecule has 32 heavy (non-hydrogen) atoms. The van der Waals surface area contributed by atoms with Gasteiger partial charge in [0.05, 0.1) is 5.75 Å². The molecule has 0 atom stereocenters. The van der Waals surface area contributed by atoms with Crippen LogP contribution in [0.5, 0.6) is 0 Å². The summed E-state index contributed by atoms with van der Waals surface area (Å²) in [5.74, 6) is -0.0551. The molecule has 0 spiro atoms. The van der Waals surface area contributed by atoms with Crippen LogP contribution in [0.3, 0.4) is 0 Å². The van der Waals surface area contributed by atoms with Gasteiger partial charge in [-0.3, -0.25) is 9.59 Å². The van der Waals surface area contributed by atoms with Crippen molar-refractivity contribution in [3.8, 4) is 0 Å². The molecule has 4 rings (SSSR count). The van der Waals surface area contributed by atoms with Gasteiger partial charge >= 0.3 is 0 Å². The summed E-state index contributed by atoms with van der Waals surface area (Å²) in [6.45, 7) is 1.91. The van der Waals surface area contributed by atoms with Crippen LogP contribution in [0.4, 0.5) is 11.4 Å². The normalized spacial score (nSPS) is 10.7. The Balaban J connectivity index is 1.36. The van der Waals surface area contributed by atoms with Gasteiger partial charge in [-0.05, 0) is 65.7 Å². The molecule has 2 amide bonds. The van der Waals surface area contributed by atoms with Crippen molar-refractivity contribution in [1.29, 1.82) is 0 Å². The molecule has 4 nitrogen and oxygen atoms in total. The van der Waals surface area contributed by atoms with Gasteiger partial charge < -0.3 is 10.6 Å². The molecule has 0 aromatic heterocycles. The number of carbonyl (C=O) groups excluding carboxylic acids is 2. The first-order valence-electron chi connectivity index (χ1n) is 10.1. The van der Waals surface area contributed by atoms with Crippen LogP contribution in [0.2, 0.25) is 5.02 Å². The minimum absolute atomic E-state index is 0.125. The molecule has 0 heterocycles. The first-order chi connectivity index (χ1) is 15.5. The standard InChI is InChI=1S/C26H21ClN2O2S/c1-17-9-12-22(15-24(17)27)28-25(30)16-32-23-8-4-7-21(14-23)29-26(31)20-11-10-18-5-2-3-6-19(18)13-20/h2-15H,16H2,1H3,(H,28,30)(H,29,31). The van der Waals surface area contributed by atoms with Gasteiger partial charge in [0, 0.05) is 26.9 Å². The van der Waals surface area contributed by atoms with E-state index in [2.05, 4.69) is 10.6 Å². The van der Waals surface area contributed by atoms with Crippen molar-refractivity contribution in [3.63, 3.8) is 0 Å². The fourth-order valence-electron chi connectivity index (χ4n) is 3.21. The molecule has 0 aliphatic carbocycles. The molecular weight excluding hydrogens is 440 g/mol. The fourth-order valence-corrected chi connectivity index (χ4v) is 4.15. The lowest BCUT2D eigenvalue weighted by Gasteiger charge is -2.09. The molecule has 0 fully saturated rings. The van der Waals surface area contributed by atoms with Gasteiger partial charge in [0.1, 0.15) is 0 Å². The summed E-state index contributed by atoms with van der Waals surface area (Å²) in [6, 6.07) is 26.5. The van der Waals surface area contributed by atoms with Gasteiger partial charge in [-0.1, -0.05) is 54.1 Å². The summed E-state index contributed by atoms with van der Waals surface area (Å²) in [5.41, 5.74) is 2.90.